The van der Waals surface area contributed by atoms with Crippen molar-refractivity contribution in [2.75, 3.05) is 13.1 Å². The molecule has 3 aliphatic carbocycles. The summed E-state index contributed by atoms with van der Waals surface area (Å²) in [6.45, 7) is 1.20. The molecule has 4 nitrogen and oxygen atoms in total. The minimum absolute atomic E-state index is 0.212. The van der Waals surface area contributed by atoms with Gasteiger partial charge < -0.3 is 10.4 Å². The number of nitrogens with one attached hydrogen (secondary N) is 1. The highest BCUT2D eigenvalue weighted by Gasteiger charge is 2.39. The smallest absolute Gasteiger partial charge is 0.317 e. The summed E-state index contributed by atoms with van der Waals surface area (Å²) < 4.78 is 0. The maximum absolute atomic E-state index is 11.2. The molecule has 3 aliphatic rings. The highest BCUT2D eigenvalue weighted by atomic mass is 16.4. The number of carboxylic acids is 1. The molecule has 0 heterocycles. The molecule has 0 amide bonds. The molecule has 1 aromatic rings. The van der Waals surface area contributed by atoms with Crippen LogP contribution < -0.4 is 5.32 Å². The van der Waals surface area contributed by atoms with E-state index in [4.69, 9.17) is 0 Å². The van der Waals surface area contributed by atoms with E-state index in [9.17, 15) is 9.90 Å². The van der Waals surface area contributed by atoms with Crippen molar-refractivity contribution in [3.63, 3.8) is 0 Å². The first-order valence-corrected chi connectivity index (χ1v) is 10.5. The lowest BCUT2D eigenvalue weighted by Gasteiger charge is -2.46. The Morgan fingerprint density at radius 2 is 1.81 bits per heavy atom. The third-order valence-corrected chi connectivity index (χ3v) is 6.60. The molecular formula is C22H32N2O2. The van der Waals surface area contributed by atoms with Crippen LogP contribution in [0.15, 0.2) is 30.3 Å². The Morgan fingerprint density at radius 1 is 1.08 bits per heavy atom. The molecule has 2 N–H and O–H groups in total. The van der Waals surface area contributed by atoms with Gasteiger partial charge >= 0.3 is 5.97 Å². The topological polar surface area (TPSA) is 52.6 Å². The number of rotatable bonds is 8. The number of carboxylic acid groups (broad SMARTS) is 1. The number of carbonyl (C=O) groups is 1. The lowest BCUT2D eigenvalue weighted by atomic mass is 9.77. The van der Waals surface area contributed by atoms with Crippen molar-refractivity contribution in [1.29, 1.82) is 0 Å². The summed E-state index contributed by atoms with van der Waals surface area (Å²) >= 11 is 0. The Hall–Kier alpha value is -1.39. The van der Waals surface area contributed by atoms with Crippen molar-refractivity contribution in [3.05, 3.63) is 35.9 Å². The summed E-state index contributed by atoms with van der Waals surface area (Å²) in [6.07, 6.45) is 9.99. The standard InChI is InChI=1S/C22H32N2O2/c25-22(26)15-24(14-16-10-11-16)19-12-18(13-19)23-21-9-5-4-8-20(21)17-6-2-1-3-7-17/h1-3,6-7,16,18-21,23H,4-5,8-15H2,(H,25,26). The lowest BCUT2D eigenvalue weighted by molar-refractivity contribution is -0.139. The van der Waals surface area contributed by atoms with E-state index in [1.165, 1.54) is 44.1 Å². The van der Waals surface area contributed by atoms with Crippen LogP contribution in [-0.2, 0) is 4.79 Å². The zero-order valence-corrected chi connectivity index (χ0v) is 15.6. The molecule has 3 fully saturated rings. The zero-order chi connectivity index (χ0) is 17.9. The first-order chi connectivity index (χ1) is 12.7. The van der Waals surface area contributed by atoms with Crippen LogP contribution in [0.1, 0.15) is 62.8 Å². The molecule has 1 aromatic carbocycles. The molecule has 26 heavy (non-hydrogen) atoms. The van der Waals surface area contributed by atoms with E-state index in [1.54, 1.807) is 0 Å². The molecule has 142 valence electrons. The quantitative estimate of drug-likeness (QED) is 0.747. The zero-order valence-electron chi connectivity index (χ0n) is 15.6. The normalized spacial score (nSPS) is 31.6. The van der Waals surface area contributed by atoms with Gasteiger partial charge in [-0.05, 0) is 55.9 Å². The summed E-state index contributed by atoms with van der Waals surface area (Å²) in [5.41, 5.74) is 1.47. The van der Waals surface area contributed by atoms with Crippen molar-refractivity contribution < 1.29 is 9.90 Å². The average molecular weight is 357 g/mol. The molecule has 4 rings (SSSR count). The molecule has 0 bridgehead atoms. The van der Waals surface area contributed by atoms with Gasteiger partial charge in [0.2, 0.25) is 0 Å². The Balaban J connectivity index is 1.31. The van der Waals surface area contributed by atoms with Crippen molar-refractivity contribution in [2.24, 2.45) is 5.92 Å². The molecule has 0 spiro atoms. The van der Waals surface area contributed by atoms with Crippen LogP contribution in [0.2, 0.25) is 0 Å². The van der Waals surface area contributed by atoms with Gasteiger partial charge in [0.15, 0.2) is 0 Å². The minimum Gasteiger partial charge on any atom is -0.480 e. The van der Waals surface area contributed by atoms with Gasteiger partial charge in [-0.1, -0.05) is 43.2 Å². The van der Waals surface area contributed by atoms with Crippen LogP contribution in [0.5, 0.6) is 0 Å². The first kappa shape index (κ1) is 18.0. The van der Waals surface area contributed by atoms with Gasteiger partial charge in [-0.25, -0.2) is 0 Å². The minimum atomic E-state index is -0.682. The van der Waals surface area contributed by atoms with Gasteiger partial charge in [0, 0.05) is 24.7 Å². The largest absolute Gasteiger partial charge is 0.480 e. The van der Waals surface area contributed by atoms with Crippen LogP contribution in [0, 0.1) is 5.92 Å². The second-order valence-electron chi connectivity index (χ2n) is 8.66. The Morgan fingerprint density at radius 3 is 2.50 bits per heavy atom. The molecule has 0 aromatic heterocycles. The van der Waals surface area contributed by atoms with E-state index < -0.39 is 5.97 Å². The molecule has 0 aliphatic heterocycles. The van der Waals surface area contributed by atoms with Crippen LogP contribution in [0.3, 0.4) is 0 Å². The summed E-state index contributed by atoms with van der Waals surface area (Å²) in [7, 11) is 0. The number of nitrogens with zero attached hydrogens (tertiary/aromatic N) is 1. The van der Waals surface area contributed by atoms with Crippen LogP contribution in [0.4, 0.5) is 0 Å². The predicted octanol–water partition coefficient (Wildman–Crippen LogP) is 3.63. The van der Waals surface area contributed by atoms with Crippen LogP contribution in [0.25, 0.3) is 0 Å². The fourth-order valence-corrected chi connectivity index (χ4v) is 4.90. The third-order valence-electron chi connectivity index (χ3n) is 6.60. The highest BCUT2D eigenvalue weighted by molar-refractivity contribution is 5.69. The number of hydrogen-bond donors (Lipinski definition) is 2. The maximum Gasteiger partial charge on any atom is 0.317 e. The van der Waals surface area contributed by atoms with Gasteiger partial charge in [0.25, 0.3) is 0 Å². The lowest BCUT2D eigenvalue weighted by Crippen LogP contribution is -2.57. The van der Waals surface area contributed by atoms with E-state index in [1.807, 2.05) is 0 Å². The number of aliphatic carboxylic acids is 1. The van der Waals surface area contributed by atoms with E-state index in [0.717, 1.165) is 25.3 Å². The maximum atomic E-state index is 11.2. The molecule has 2 unspecified atom stereocenters. The fourth-order valence-electron chi connectivity index (χ4n) is 4.90. The van der Waals surface area contributed by atoms with E-state index in [2.05, 4.69) is 40.5 Å². The predicted molar refractivity (Wildman–Crippen MR) is 103 cm³/mol. The monoisotopic (exact) mass is 356 g/mol. The molecule has 3 saturated carbocycles. The Kier molecular flexibility index (Phi) is 5.60. The van der Waals surface area contributed by atoms with Gasteiger partial charge in [0.05, 0.1) is 6.54 Å². The van der Waals surface area contributed by atoms with E-state index in [0.29, 0.717) is 24.0 Å². The first-order valence-electron chi connectivity index (χ1n) is 10.5. The van der Waals surface area contributed by atoms with Gasteiger partial charge in [-0.3, -0.25) is 9.69 Å². The second-order valence-corrected chi connectivity index (χ2v) is 8.66. The van der Waals surface area contributed by atoms with Gasteiger partial charge in [-0.15, -0.1) is 0 Å². The van der Waals surface area contributed by atoms with E-state index >= 15 is 0 Å². The third kappa shape index (κ3) is 4.47. The molecule has 0 radical (unpaired) electrons. The van der Waals surface area contributed by atoms with Crippen molar-refractivity contribution >= 4 is 5.97 Å². The van der Waals surface area contributed by atoms with Crippen molar-refractivity contribution in [3.8, 4) is 0 Å². The summed E-state index contributed by atoms with van der Waals surface area (Å²) in [6, 6.07) is 12.6. The Bertz CT molecular complexity index is 595. The summed E-state index contributed by atoms with van der Waals surface area (Å²) in [5.74, 6) is 0.700. The molecule has 0 saturated heterocycles. The Labute approximate surface area is 157 Å². The van der Waals surface area contributed by atoms with Crippen LogP contribution >= 0.6 is 0 Å². The number of benzene rings is 1. The van der Waals surface area contributed by atoms with Crippen molar-refractivity contribution in [1.82, 2.24) is 10.2 Å². The molecule has 4 heteroatoms. The fraction of sp³-hybridized carbons (Fsp3) is 0.682. The summed E-state index contributed by atoms with van der Waals surface area (Å²) in [4.78, 5) is 13.4. The average Bonchev–Trinajstić information content (AvgIpc) is 3.42. The summed E-state index contributed by atoms with van der Waals surface area (Å²) in [5, 5.41) is 13.2. The van der Waals surface area contributed by atoms with Gasteiger partial charge in [0.1, 0.15) is 0 Å². The second kappa shape index (κ2) is 8.10. The molecule has 2 atom stereocenters. The molecular weight excluding hydrogens is 324 g/mol. The number of hydrogen-bond acceptors (Lipinski definition) is 3. The van der Waals surface area contributed by atoms with Crippen LogP contribution in [-0.4, -0.2) is 47.2 Å². The van der Waals surface area contributed by atoms with E-state index in [-0.39, 0.29) is 6.54 Å². The highest BCUT2D eigenvalue weighted by Crippen LogP contribution is 2.37. The van der Waals surface area contributed by atoms with Crippen molar-refractivity contribution in [2.45, 2.75) is 75.4 Å². The SMILES string of the molecule is O=C(O)CN(CC1CC1)C1CC(NC2CCCCC2c2ccccc2)C1. The van der Waals surface area contributed by atoms with Gasteiger partial charge in [-0.2, -0.15) is 0 Å².